The molecule has 1 aromatic rings. The zero-order valence-corrected chi connectivity index (χ0v) is 14.5. The van der Waals surface area contributed by atoms with Crippen molar-refractivity contribution in [2.75, 3.05) is 7.11 Å². The van der Waals surface area contributed by atoms with Gasteiger partial charge in [-0.1, -0.05) is 6.07 Å². The molecule has 1 heterocycles. The van der Waals surface area contributed by atoms with Crippen molar-refractivity contribution in [1.82, 2.24) is 15.8 Å². The highest BCUT2D eigenvalue weighted by Gasteiger charge is 2.23. The number of carboxylic acid groups (broad SMARTS) is 1. The van der Waals surface area contributed by atoms with Gasteiger partial charge in [0, 0.05) is 18.9 Å². The van der Waals surface area contributed by atoms with Crippen molar-refractivity contribution in [3.05, 3.63) is 29.6 Å². The number of hydrogen-bond acceptors (Lipinski definition) is 6. The Labute approximate surface area is 141 Å². The number of pyridine rings is 1. The first-order valence-electron chi connectivity index (χ1n) is 7.62. The number of amides is 1. The first kappa shape index (κ1) is 19.9. The van der Waals surface area contributed by atoms with Gasteiger partial charge >= 0.3 is 12.1 Å². The van der Waals surface area contributed by atoms with Crippen molar-refractivity contribution in [2.45, 2.75) is 51.8 Å². The second kappa shape index (κ2) is 9.19. The lowest BCUT2D eigenvalue weighted by molar-refractivity contribution is -0.139. The third-order valence-corrected chi connectivity index (χ3v) is 2.98. The predicted octanol–water partition coefficient (Wildman–Crippen LogP) is 1.64. The van der Waals surface area contributed by atoms with E-state index in [1.54, 1.807) is 33.2 Å². The van der Waals surface area contributed by atoms with E-state index in [9.17, 15) is 14.7 Å². The van der Waals surface area contributed by atoms with Crippen LogP contribution in [0.15, 0.2) is 18.5 Å². The molecule has 8 nitrogen and oxygen atoms in total. The average Bonchev–Trinajstić information content (AvgIpc) is 2.47. The van der Waals surface area contributed by atoms with Crippen LogP contribution in [-0.2, 0) is 27.3 Å². The van der Waals surface area contributed by atoms with E-state index in [1.165, 1.54) is 7.11 Å². The standard InChI is InChI=1S/C16H25N3O5/c1-16(2,3)24-15(22)19-13(14(20)21)6-5-11-7-12(9-17-8-11)10-18-23-4/h7-9,13,18H,5-6,10H2,1-4H3,(H,19,22)(H,20,21)/t13-/m0/s1. The molecule has 8 heteroatoms. The van der Waals surface area contributed by atoms with Gasteiger partial charge in [-0.15, -0.1) is 0 Å². The molecule has 3 N–H and O–H groups in total. The second-order valence-electron chi connectivity index (χ2n) is 6.30. The quantitative estimate of drug-likeness (QED) is 0.618. The lowest BCUT2D eigenvalue weighted by Gasteiger charge is -2.22. The first-order chi connectivity index (χ1) is 11.2. The summed E-state index contributed by atoms with van der Waals surface area (Å²) in [5.74, 6) is -1.11. The number of hydroxylamine groups is 1. The van der Waals surface area contributed by atoms with Crippen LogP contribution in [-0.4, -0.2) is 40.9 Å². The SMILES string of the molecule is CONCc1cncc(CC[C@H](NC(=O)OC(C)(C)C)C(=O)O)c1. The summed E-state index contributed by atoms with van der Waals surface area (Å²) in [6.07, 6.45) is 3.31. The Morgan fingerprint density at radius 3 is 2.54 bits per heavy atom. The van der Waals surface area contributed by atoms with E-state index in [0.717, 1.165) is 11.1 Å². The highest BCUT2D eigenvalue weighted by atomic mass is 16.6. The predicted molar refractivity (Wildman–Crippen MR) is 87.2 cm³/mol. The van der Waals surface area contributed by atoms with Crippen molar-refractivity contribution < 1.29 is 24.3 Å². The Hall–Kier alpha value is -2.19. The molecule has 1 amide bonds. The number of carbonyl (C=O) groups excluding carboxylic acids is 1. The van der Waals surface area contributed by atoms with Crippen molar-refractivity contribution in [2.24, 2.45) is 0 Å². The number of aromatic nitrogens is 1. The molecule has 24 heavy (non-hydrogen) atoms. The van der Waals surface area contributed by atoms with Crippen LogP contribution in [0.1, 0.15) is 38.3 Å². The van der Waals surface area contributed by atoms with Crippen molar-refractivity contribution in [3.63, 3.8) is 0 Å². The minimum Gasteiger partial charge on any atom is -0.480 e. The summed E-state index contributed by atoms with van der Waals surface area (Å²) < 4.78 is 5.09. The summed E-state index contributed by atoms with van der Waals surface area (Å²) in [4.78, 5) is 31.9. The summed E-state index contributed by atoms with van der Waals surface area (Å²) in [6.45, 7) is 5.64. The van der Waals surface area contributed by atoms with Crippen molar-refractivity contribution in [3.8, 4) is 0 Å². The fourth-order valence-corrected chi connectivity index (χ4v) is 1.95. The number of nitrogens with one attached hydrogen (secondary N) is 2. The summed E-state index contributed by atoms with van der Waals surface area (Å²) in [7, 11) is 1.52. The zero-order valence-electron chi connectivity index (χ0n) is 14.5. The molecular formula is C16H25N3O5. The molecule has 1 atom stereocenters. The van der Waals surface area contributed by atoms with Crippen molar-refractivity contribution >= 4 is 12.1 Å². The number of carboxylic acids is 1. The van der Waals surface area contributed by atoms with Crippen LogP contribution < -0.4 is 10.8 Å². The lowest BCUT2D eigenvalue weighted by Crippen LogP contribution is -2.43. The second-order valence-corrected chi connectivity index (χ2v) is 6.30. The maximum atomic E-state index is 11.7. The van der Waals surface area contributed by atoms with E-state index in [4.69, 9.17) is 9.57 Å². The van der Waals surface area contributed by atoms with Crippen molar-refractivity contribution in [1.29, 1.82) is 0 Å². The molecule has 1 rings (SSSR count). The topological polar surface area (TPSA) is 110 Å². The maximum absolute atomic E-state index is 11.7. The van der Waals surface area contributed by atoms with Gasteiger partial charge in [-0.05, 0) is 44.7 Å². The van der Waals surface area contributed by atoms with E-state index in [0.29, 0.717) is 13.0 Å². The Morgan fingerprint density at radius 1 is 1.29 bits per heavy atom. The number of hydrogen-bond donors (Lipinski definition) is 3. The van der Waals surface area contributed by atoms with Crippen LogP contribution in [0.2, 0.25) is 0 Å². The maximum Gasteiger partial charge on any atom is 0.408 e. The Bertz CT molecular complexity index is 557. The zero-order chi connectivity index (χ0) is 18.2. The number of ether oxygens (including phenoxy) is 1. The number of aryl methyl sites for hydroxylation is 1. The number of aliphatic carboxylic acids is 1. The van der Waals surface area contributed by atoms with Crippen LogP contribution in [0, 0.1) is 0 Å². The highest BCUT2D eigenvalue weighted by Crippen LogP contribution is 2.10. The molecule has 1 aromatic heterocycles. The van der Waals surface area contributed by atoms with E-state index in [1.807, 2.05) is 6.07 Å². The van der Waals surface area contributed by atoms with Gasteiger partial charge in [0.25, 0.3) is 0 Å². The molecule has 0 bridgehead atoms. The molecule has 0 unspecified atom stereocenters. The molecular weight excluding hydrogens is 314 g/mol. The number of alkyl carbamates (subject to hydrolysis) is 1. The van der Waals surface area contributed by atoms with Crippen LogP contribution >= 0.6 is 0 Å². The fraction of sp³-hybridized carbons (Fsp3) is 0.562. The van der Waals surface area contributed by atoms with Gasteiger partial charge in [0.05, 0.1) is 7.11 Å². The van der Waals surface area contributed by atoms with Gasteiger partial charge in [-0.3, -0.25) is 4.98 Å². The molecule has 0 aliphatic rings. The van der Waals surface area contributed by atoms with E-state index in [2.05, 4.69) is 15.8 Å². The minimum absolute atomic E-state index is 0.234. The van der Waals surface area contributed by atoms with Crippen LogP contribution in [0.5, 0.6) is 0 Å². The Morgan fingerprint density at radius 2 is 1.96 bits per heavy atom. The largest absolute Gasteiger partial charge is 0.480 e. The van der Waals surface area contributed by atoms with Gasteiger partial charge in [-0.25, -0.2) is 9.59 Å². The van der Waals surface area contributed by atoms with Crippen LogP contribution in [0.25, 0.3) is 0 Å². The minimum atomic E-state index is -1.11. The smallest absolute Gasteiger partial charge is 0.408 e. The highest BCUT2D eigenvalue weighted by molar-refractivity contribution is 5.80. The van der Waals surface area contributed by atoms with Gasteiger partial charge in [-0.2, -0.15) is 5.48 Å². The molecule has 0 saturated carbocycles. The lowest BCUT2D eigenvalue weighted by atomic mass is 10.1. The third kappa shape index (κ3) is 7.89. The average molecular weight is 339 g/mol. The number of nitrogens with zero attached hydrogens (tertiary/aromatic N) is 1. The van der Waals surface area contributed by atoms with E-state index >= 15 is 0 Å². The van der Waals surface area contributed by atoms with Gasteiger partial charge in [0.15, 0.2) is 0 Å². The summed E-state index contributed by atoms with van der Waals surface area (Å²) in [5, 5.41) is 11.6. The van der Waals surface area contributed by atoms with Gasteiger partial charge < -0.3 is 20.0 Å². The molecule has 0 fully saturated rings. The fourth-order valence-electron chi connectivity index (χ4n) is 1.95. The number of rotatable bonds is 8. The molecule has 0 aliphatic heterocycles. The van der Waals surface area contributed by atoms with Gasteiger partial charge in [0.2, 0.25) is 0 Å². The molecule has 0 spiro atoms. The summed E-state index contributed by atoms with van der Waals surface area (Å²) in [6, 6.07) is 0.881. The normalized spacial score (nSPS) is 12.5. The first-order valence-corrected chi connectivity index (χ1v) is 7.62. The molecule has 134 valence electrons. The summed E-state index contributed by atoms with van der Waals surface area (Å²) >= 11 is 0. The number of carbonyl (C=O) groups is 2. The van der Waals surface area contributed by atoms with Gasteiger partial charge in [0.1, 0.15) is 11.6 Å². The van der Waals surface area contributed by atoms with Crippen LogP contribution in [0.3, 0.4) is 0 Å². The third-order valence-electron chi connectivity index (χ3n) is 2.98. The summed E-state index contributed by atoms with van der Waals surface area (Å²) in [5.41, 5.74) is 3.83. The van der Waals surface area contributed by atoms with Crippen LogP contribution in [0.4, 0.5) is 4.79 Å². The molecule has 0 aromatic carbocycles. The molecule has 0 saturated heterocycles. The Kier molecular flexibility index (Phi) is 7.60. The molecule has 0 radical (unpaired) electrons. The van der Waals surface area contributed by atoms with E-state index < -0.39 is 23.7 Å². The molecule has 0 aliphatic carbocycles. The van der Waals surface area contributed by atoms with E-state index in [-0.39, 0.29) is 6.42 Å². The Balaban J connectivity index is 2.60. The monoisotopic (exact) mass is 339 g/mol.